The molecule has 8 heteroatoms. The van der Waals surface area contributed by atoms with Crippen molar-refractivity contribution >= 4 is 29.9 Å². The molecule has 148 valence electrons. The lowest BCUT2D eigenvalue weighted by Crippen LogP contribution is -2.53. The lowest BCUT2D eigenvalue weighted by atomic mass is 9.85. The zero-order valence-electron chi connectivity index (χ0n) is 15.6. The molecular weight excluding hydrogens is 445 g/mol. The van der Waals surface area contributed by atoms with Crippen LogP contribution < -0.4 is 5.32 Å². The van der Waals surface area contributed by atoms with E-state index in [1.54, 1.807) is 6.26 Å². The second kappa shape index (κ2) is 11.1. The van der Waals surface area contributed by atoms with Gasteiger partial charge in [-0.15, -0.1) is 24.0 Å². The molecule has 0 amide bonds. The van der Waals surface area contributed by atoms with Crippen LogP contribution in [-0.4, -0.2) is 71.9 Å². The number of aliphatic imine (C=N–C) groups is 1. The Kier molecular flexibility index (Phi) is 9.13. The number of piperazine rings is 1. The summed E-state index contributed by atoms with van der Waals surface area (Å²) in [5.41, 5.74) is 0.978. The van der Waals surface area contributed by atoms with Gasteiger partial charge in [0.05, 0.1) is 11.8 Å². The minimum atomic E-state index is -0.273. The maximum Gasteiger partial charge on any atom is 0.193 e. The normalized spacial score (nSPS) is 21.3. The van der Waals surface area contributed by atoms with Gasteiger partial charge in [0, 0.05) is 52.4 Å². The van der Waals surface area contributed by atoms with Gasteiger partial charge in [0.15, 0.2) is 5.96 Å². The molecule has 1 aliphatic heterocycles. The van der Waals surface area contributed by atoms with Gasteiger partial charge in [0.25, 0.3) is 0 Å². The number of nitrogens with zero attached hydrogens (tertiary/aromatic N) is 4. The number of aliphatic hydroxyl groups is 1. The highest BCUT2D eigenvalue weighted by molar-refractivity contribution is 14.0. The van der Waals surface area contributed by atoms with E-state index in [1.165, 1.54) is 19.3 Å². The van der Waals surface area contributed by atoms with Crippen LogP contribution in [0.5, 0.6) is 0 Å². The average Bonchev–Trinajstić information content (AvgIpc) is 3.17. The van der Waals surface area contributed by atoms with Gasteiger partial charge in [-0.05, 0) is 18.8 Å². The Morgan fingerprint density at radius 1 is 1.31 bits per heavy atom. The number of rotatable bonds is 5. The predicted octanol–water partition coefficient (Wildman–Crippen LogP) is 1.93. The number of halogens is 1. The molecule has 2 aliphatic rings. The van der Waals surface area contributed by atoms with Crippen molar-refractivity contribution in [2.75, 3.05) is 39.8 Å². The third-order valence-corrected chi connectivity index (χ3v) is 5.42. The molecule has 1 aromatic rings. The number of aliphatic hydroxyl groups excluding tert-OH is 1. The Hall–Kier alpha value is -0.870. The van der Waals surface area contributed by atoms with Crippen LogP contribution in [0.3, 0.4) is 0 Å². The summed E-state index contributed by atoms with van der Waals surface area (Å²) in [7, 11) is 1.82. The molecule has 1 saturated carbocycles. The quantitative estimate of drug-likeness (QED) is 0.384. The van der Waals surface area contributed by atoms with Crippen molar-refractivity contribution in [3.8, 4) is 0 Å². The summed E-state index contributed by atoms with van der Waals surface area (Å²) in [5.74, 6) is 1.34. The number of guanidine groups is 1. The van der Waals surface area contributed by atoms with E-state index in [1.807, 2.05) is 13.1 Å². The topological polar surface area (TPSA) is 77.1 Å². The van der Waals surface area contributed by atoms with Gasteiger partial charge < -0.3 is 19.8 Å². The number of hydrogen-bond donors (Lipinski definition) is 2. The van der Waals surface area contributed by atoms with Gasteiger partial charge in [-0.25, -0.2) is 0 Å². The highest BCUT2D eigenvalue weighted by atomic mass is 127. The van der Waals surface area contributed by atoms with Gasteiger partial charge >= 0.3 is 0 Å². The van der Waals surface area contributed by atoms with E-state index in [2.05, 4.69) is 25.3 Å². The average molecular weight is 477 g/mol. The van der Waals surface area contributed by atoms with Crippen molar-refractivity contribution in [2.24, 2.45) is 10.9 Å². The minimum Gasteiger partial charge on any atom is -0.391 e. The van der Waals surface area contributed by atoms with E-state index < -0.39 is 0 Å². The number of hydrogen-bond acceptors (Lipinski definition) is 5. The fourth-order valence-electron chi connectivity index (χ4n) is 3.88. The first-order valence-electron chi connectivity index (χ1n) is 9.51. The standard InChI is InChI=1S/C18H31N5O2.HI/c1-19-18(20-13-17(24)15-5-3-2-4-6-15)23-10-8-22(9-11-23)14-16-7-12-25-21-16;/h7,12,15,17,24H,2-6,8-11,13-14H2,1H3,(H,19,20);1H. The Labute approximate surface area is 173 Å². The fourth-order valence-corrected chi connectivity index (χ4v) is 3.88. The molecule has 1 aliphatic carbocycles. The fraction of sp³-hybridized carbons (Fsp3) is 0.778. The molecular formula is C18H32IN5O2. The molecule has 1 aromatic heterocycles. The zero-order chi connectivity index (χ0) is 17.5. The van der Waals surface area contributed by atoms with Crippen molar-refractivity contribution in [3.63, 3.8) is 0 Å². The molecule has 26 heavy (non-hydrogen) atoms. The third kappa shape index (κ3) is 6.09. The minimum absolute atomic E-state index is 0. The molecule has 0 bridgehead atoms. The maximum atomic E-state index is 10.4. The van der Waals surface area contributed by atoms with Gasteiger partial charge in [0.1, 0.15) is 6.26 Å². The molecule has 1 unspecified atom stereocenters. The van der Waals surface area contributed by atoms with Gasteiger partial charge in [0.2, 0.25) is 0 Å². The van der Waals surface area contributed by atoms with Crippen LogP contribution >= 0.6 is 24.0 Å². The summed E-state index contributed by atoms with van der Waals surface area (Å²) in [6, 6.07) is 1.92. The molecule has 2 N–H and O–H groups in total. The van der Waals surface area contributed by atoms with Crippen molar-refractivity contribution in [1.29, 1.82) is 0 Å². The van der Waals surface area contributed by atoms with E-state index in [9.17, 15) is 5.11 Å². The number of aromatic nitrogens is 1. The largest absolute Gasteiger partial charge is 0.391 e. The van der Waals surface area contributed by atoms with Crippen LogP contribution in [0.25, 0.3) is 0 Å². The smallest absolute Gasteiger partial charge is 0.193 e. The molecule has 1 atom stereocenters. The Balaban J connectivity index is 0.00000243. The zero-order valence-corrected chi connectivity index (χ0v) is 18.0. The molecule has 7 nitrogen and oxygen atoms in total. The first-order valence-corrected chi connectivity index (χ1v) is 9.51. The van der Waals surface area contributed by atoms with Crippen molar-refractivity contribution in [3.05, 3.63) is 18.0 Å². The molecule has 1 saturated heterocycles. The summed E-state index contributed by atoms with van der Waals surface area (Å²) >= 11 is 0. The highest BCUT2D eigenvalue weighted by Gasteiger charge is 2.24. The first-order chi connectivity index (χ1) is 12.3. The second-order valence-corrected chi connectivity index (χ2v) is 7.15. The monoisotopic (exact) mass is 477 g/mol. The highest BCUT2D eigenvalue weighted by Crippen LogP contribution is 2.26. The molecule has 2 fully saturated rings. The van der Waals surface area contributed by atoms with Gasteiger partial charge in [-0.1, -0.05) is 24.4 Å². The summed E-state index contributed by atoms with van der Waals surface area (Å²) in [6.45, 7) is 5.22. The van der Waals surface area contributed by atoms with Crippen LogP contribution in [0.15, 0.2) is 21.8 Å². The van der Waals surface area contributed by atoms with E-state index in [0.29, 0.717) is 12.5 Å². The van der Waals surface area contributed by atoms with Crippen LogP contribution in [-0.2, 0) is 6.54 Å². The second-order valence-electron chi connectivity index (χ2n) is 7.15. The third-order valence-electron chi connectivity index (χ3n) is 5.42. The summed E-state index contributed by atoms with van der Waals surface area (Å²) in [4.78, 5) is 9.05. The Morgan fingerprint density at radius 2 is 2.04 bits per heavy atom. The van der Waals surface area contributed by atoms with Gasteiger partial charge in [-0.3, -0.25) is 9.89 Å². The van der Waals surface area contributed by atoms with Crippen LogP contribution in [0.2, 0.25) is 0 Å². The predicted molar refractivity (Wildman–Crippen MR) is 113 cm³/mol. The van der Waals surface area contributed by atoms with Crippen LogP contribution in [0.4, 0.5) is 0 Å². The summed E-state index contributed by atoms with van der Waals surface area (Å²) < 4.78 is 4.90. The van der Waals surface area contributed by atoms with E-state index in [-0.39, 0.29) is 30.1 Å². The molecule has 0 radical (unpaired) electrons. The SMILES string of the molecule is CN=C(NCC(O)C1CCCCC1)N1CCN(Cc2ccon2)CC1.I. The van der Waals surface area contributed by atoms with Crippen LogP contribution in [0.1, 0.15) is 37.8 Å². The lowest BCUT2D eigenvalue weighted by Gasteiger charge is -2.36. The Bertz CT molecular complexity index is 526. The summed E-state index contributed by atoms with van der Waals surface area (Å²) in [5, 5.41) is 17.8. The summed E-state index contributed by atoms with van der Waals surface area (Å²) in [6.07, 6.45) is 7.48. The number of nitrogens with one attached hydrogen (secondary N) is 1. The Morgan fingerprint density at radius 3 is 2.65 bits per heavy atom. The van der Waals surface area contributed by atoms with Crippen molar-refractivity contribution in [2.45, 2.75) is 44.8 Å². The van der Waals surface area contributed by atoms with E-state index >= 15 is 0 Å². The van der Waals surface area contributed by atoms with Crippen molar-refractivity contribution < 1.29 is 9.63 Å². The van der Waals surface area contributed by atoms with Crippen LogP contribution in [0, 0.1) is 5.92 Å². The van der Waals surface area contributed by atoms with Crippen molar-refractivity contribution in [1.82, 2.24) is 20.3 Å². The van der Waals surface area contributed by atoms with E-state index in [0.717, 1.165) is 57.2 Å². The first kappa shape index (κ1) is 21.4. The molecule has 0 spiro atoms. The molecule has 3 rings (SSSR count). The lowest BCUT2D eigenvalue weighted by molar-refractivity contribution is 0.0866. The molecule has 2 heterocycles. The maximum absolute atomic E-state index is 10.4. The van der Waals surface area contributed by atoms with E-state index in [4.69, 9.17) is 4.52 Å². The molecule has 0 aromatic carbocycles. The van der Waals surface area contributed by atoms with Gasteiger partial charge in [-0.2, -0.15) is 0 Å².